The molecule has 4 heterocycles. The average molecular weight is 511 g/mol. The lowest BCUT2D eigenvalue weighted by atomic mass is 10.1. The standard InChI is InChI=1S/C30H22N8O/c1-2-5-20(6-3-1)18-38-27-11-9-24(14-23(27)17-34-38)35-30-25-15-22(8-10-26(25)32-19-33-30)29-36-28(39-37-29)13-21-7-4-12-31-16-21/h1-12,14-17,19H,13,18H2,(H,32,33,35). The number of nitrogens with one attached hydrogen (secondary N) is 1. The monoisotopic (exact) mass is 510 g/mol. The van der Waals surface area contributed by atoms with Gasteiger partial charge in [-0.2, -0.15) is 10.1 Å². The van der Waals surface area contributed by atoms with Crippen molar-refractivity contribution in [2.75, 3.05) is 5.32 Å². The summed E-state index contributed by atoms with van der Waals surface area (Å²) in [6, 6.07) is 26.2. The molecule has 0 spiro atoms. The van der Waals surface area contributed by atoms with Gasteiger partial charge in [0.25, 0.3) is 0 Å². The van der Waals surface area contributed by atoms with Gasteiger partial charge in [-0.1, -0.05) is 41.6 Å². The number of anilines is 2. The minimum atomic E-state index is 0.512. The Bertz CT molecular complexity index is 1900. The molecule has 0 aliphatic rings. The van der Waals surface area contributed by atoms with Crippen molar-refractivity contribution < 1.29 is 4.52 Å². The molecule has 0 aliphatic carbocycles. The zero-order valence-electron chi connectivity index (χ0n) is 20.8. The summed E-state index contributed by atoms with van der Waals surface area (Å²) in [6.07, 6.45) is 7.50. The zero-order valence-corrected chi connectivity index (χ0v) is 20.8. The Balaban J connectivity index is 1.16. The van der Waals surface area contributed by atoms with Crippen molar-refractivity contribution in [2.45, 2.75) is 13.0 Å². The Morgan fingerprint density at radius 1 is 0.846 bits per heavy atom. The van der Waals surface area contributed by atoms with E-state index in [1.54, 1.807) is 18.7 Å². The highest BCUT2D eigenvalue weighted by Gasteiger charge is 2.13. The van der Waals surface area contributed by atoms with Crippen LogP contribution in [-0.2, 0) is 13.0 Å². The highest BCUT2D eigenvalue weighted by Crippen LogP contribution is 2.29. The summed E-state index contributed by atoms with van der Waals surface area (Å²) in [5.41, 5.74) is 5.82. The molecule has 0 unspecified atom stereocenters. The van der Waals surface area contributed by atoms with Crippen molar-refractivity contribution in [1.29, 1.82) is 0 Å². The maximum atomic E-state index is 5.50. The predicted molar refractivity (Wildman–Crippen MR) is 148 cm³/mol. The first-order chi connectivity index (χ1) is 19.3. The first kappa shape index (κ1) is 22.7. The minimum Gasteiger partial charge on any atom is -0.340 e. The molecule has 0 aliphatic heterocycles. The van der Waals surface area contributed by atoms with E-state index in [0.717, 1.165) is 45.2 Å². The van der Waals surface area contributed by atoms with Gasteiger partial charge in [0.15, 0.2) is 0 Å². The summed E-state index contributed by atoms with van der Waals surface area (Å²) >= 11 is 0. The molecule has 0 saturated carbocycles. The van der Waals surface area contributed by atoms with Gasteiger partial charge in [-0.25, -0.2) is 9.97 Å². The molecule has 9 heteroatoms. The van der Waals surface area contributed by atoms with Crippen LogP contribution in [0, 0.1) is 0 Å². The van der Waals surface area contributed by atoms with Crippen LogP contribution in [0.2, 0.25) is 0 Å². The van der Waals surface area contributed by atoms with E-state index in [1.165, 1.54) is 5.56 Å². The zero-order chi connectivity index (χ0) is 26.0. The van der Waals surface area contributed by atoms with Crippen molar-refractivity contribution in [1.82, 2.24) is 34.9 Å². The van der Waals surface area contributed by atoms with Crippen molar-refractivity contribution in [2.24, 2.45) is 0 Å². The Kier molecular flexibility index (Phi) is 5.71. The SMILES string of the molecule is c1ccc(Cn2ncc3cc(Nc4ncnc5ccc(-c6noc(Cc7cccnc7)n6)cc45)ccc32)cc1. The highest BCUT2D eigenvalue weighted by molar-refractivity contribution is 5.94. The number of hydrogen-bond donors (Lipinski definition) is 1. The van der Waals surface area contributed by atoms with Crippen LogP contribution >= 0.6 is 0 Å². The molecular formula is C30H22N8O. The molecule has 1 N–H and O–H groups in total. The lowest BCUT2D eigenvalue weighted by molar-refractivity contribution is 0.385. The van der Waals surface area contributed by atoms with Gasteiger partial charge in [0.05, 0.1) is 30.2 Å². The second kappa shape index (κ2) is 9.79. The molecule has 0 fully saturated rings. The summed E-state index contributed by atoms with van der Waals surface area (Å²) in [4.78, 5) is 17.7. The van der Waals surface area contributed by atoms with Gasteiger partial charge < -0.3 is 9.84 Å². The Morgan fingerprint density at radius 3 is 2.67 bits per heavy atom. The average Bonchev–Trinajstić information content (AvgIpc) is 3.61. The number of benzene rings is 3. The number of aromatic nitrogens is 7. The van der Waals surface area contributed by atoms with E-state index in [0.29, 0.717) is 24.0 Å². The van der Waals surface area contributed by atoms with Crippen molar-refractivity contribution in [3.05, 3.63) is 121 Å². The van der Waals surface area contributed by atoms with E-state index >= 15 is 0 Å². The second-order valence-corrected chi connectivity index (χ2v) is 9.19. The van der Waals surface area contributed by atoms with Gasteiger partial charge in [-0.3, -0.25) is 9.67 Å². The molecule has 0 atom stereocenters. The molecule has 7 aromatic rings. The predicted octanol–water partition coefficient (Wildman–Crippen LogP) is 5.81. The van der Waals surface area contributed by atoms with Crippen LogP contribution in [0.1, 0.15) is 17.0 Å². The number of hydrogen-bond acceptors (Lipinski definition) is 8. The normalized spacial score (nSPS) is 11.3. The van der Waals surface area contributed by atoms with Gasteiger partial charge in [0.2, 0.25) is 11.7 Å². The fourth-order valence-corrected chi connectivity index (χ4v) is 4.60. The lowest BCUT2D eigenvalue weighted by Gasteiger charge is -2.10. The van der Waals surface area contributed by atoms with E-state index in [2.05, 4.69) is 59.8 Å². The Hall–Kier alpha value is -5.44. The number of pyridine rings is 1. The summed E-state index contributed by atoms with van der Waals surface area (Å²) in [5.74, 6) is 1.73. The summed E-state index contributed by atoms with van der Waals surface area (Å²) < 4.78 is 7.51. The van der Waals surface area contributed by atoms with E-state index in [4.69, 9.17) is 4.52 Å². The quantitative estimate of drug-likeness (QED) is 0.286. The van der Waals surface area contributed by atoms with Crippen LogP contribution in [-0.4, -0.2) is 34.9 Å². The second-order valence-electron chi connectivity index (χ2n) is 9.19. The van der Waals surface area contributed by atoms with Crippen molar-refractivity contribution in [3.63, 3.8) is 0 Å². The molecule has 0 bridgehead atoms. The largest absolute Gasteiger partial charge is 0.340 e. The number of rotatable bonds is 7. The van der Waals surface area contributed by atoms with E-state index < -0.39 is 0 Å². The van der Waals surface area contributed by atoms with Crippen LogP contribution in [0.3, 0.4) is 0 Å². The molecule has 0 radical (unpaired) electrons. The topological polar surface area (TPSA) is 107 Å². The number of fused-ring (bicyclic) bond motifs is 2. The molecule has 4 aromatic heterocycles. The first-order valence-electron chi connectivity index (χ1n) is 12.5. The maximum absolute atomic E-state index is 5.50. The fourth-order valence-electron chi connectivity index (χ4n) is 4.60. The van der Waals surface area contributed by atoms with Gasteiger partial charge in [-0.05, 0) is 53.6 Å². The molecule has 9 nitrogen and oxygen atoms in total. The Labute approximate surface area is 223 Å². The first-order valence-corrected chi connectivity index (χ1v) is 12.5. The summed E-state index contributed by atoms with van der Waals surface area (Å²) in [7, 11) is 0. The lowest BCUT2D eigenvalue weighted by Crippen LogP contribution is -2.01. The maximum Gasteiger partial charge on any atom is 0.231 e. The highest BCUT2D eigenvalue weighted by atomic mass is 16.5. The third kappa shape index (κ3) is 4.69. The Morgan fingerprint density at radius 2 is 1.77 bits per heavy atom. The molecular weight excluding hydrogens is 488 g/mol. The van der Waals surface area contributed by atoms with E-state index in [1.807, 2.05) is 65.5 Å². The van der Waals surface area contributed by atoms with Gasteiger partial charge in [0, 0.05) is 34.4 Å². The van der Waals surface area contributed by atoms with Crippen LogP contribution in [0.25, 0.3) is 33.2 Å². The third-order valence-corrected chi connectivity index (χ3v) is 6.52. The van der Waals surface area contributed by atoms with Gasteiger partial charge >= 0.3 is 0 Å². The molecule has 3 aromatic carbocycles. The van der Waals surface area contributed by atoms with Gasteiger partial charge in [-0.15, -0.1) is 0 Å². The summed E-state index contributed by atoms with van der Waals surface area (Å²) in [6.45, 7) is 0.719. The van der Waals surface area contributed by atoms with Crippen LogP contribution in [0.5, 0.6) is 0 Å². The molecule has 0 saturated heterocycles. The molecule has 0 amide bonds. The van der Waals surface area contributed by atoms with E-state index in [9.17, 15) is 0 Å². The number of nitrogens with zero attached hydrogens (tertiary/aromatic N) is 7. The smallest absolute Gasteiger partial charge is 0.231 e. The van der Waals surface area contributed by atoms with Crippen molar-refractivity contribution in [3.8, 4) is 11.4 Å². The molecule has 7 rings (SSSR count). The third-order valence-electron chi connectivity index (χ3n) is 6.52. The molecule has 39 heavy (non-hydrogen) atoms. The van der Waals surface area contributed by atoms with E-state index in [-0.39, 0.29) is 0 Å². The molecule has 188 valence electrons. The van der Waals surface area contributed by atoms with Crippen LogP contribution in [0.4, 0.5) is 11.5 Å². The van der Waals surface area contributed by atoms with Crippen LogP contribution in [0.15, 0.2) is 108 Å². The van der Waals surface area contributed by atoms with Crippen LogP contribution < -0.4 is 5.32 Å². The minimum absolute atomic E-state index is 0.512. The fraction of sp³-hybridized carbons (Fsp3) is 0.0667. The van der Waals surface area contributed by atoms with Crippen molar-refractivity contribution >= 4 is 33.3 Å². The summed E-state index contributed by atoms with van der Waals surface area (Å²) in [5, 5.41) is 14.1. The van der Waals surface area contributed by atoms with Gasteiger partial charge in [0.1, 0.15) is 12.1 Å².